The van der Waals surface area contributed by atoms with Crippen molar-refractivity contribution in [2.45, 2.75) is 13.3 Å². The van der Waals surface area contributed by atoms with Gasteiger partial charge in [0.05, 0.1) is 12.8 Å². The van der Waals surface area contributed by atoms with Crippen molar-refractivity contribution in [1.82, 2.24) is 4.72 Å². The topological polar surface area (TPSA) is 84.5 Å². The maximum Gasteiger partial charge on any atom is 0.422 e. The van der Waals surface area contributed by atoms with Gasteiger partial charge in [-0.25, -0.2) is 9.52 Å². The smallest absolute Gasteiger partial charge is 0.422 e. The predicted octanol–water partition coefficient (Wildman–Crippen LogP) is 2.02. The van der Waals surface area contributed by atoms with E-state index < -0.39 is 16.3 Å². The minimum atomic E-state index is -3.98. The number of ether oxygens (including phenoxy) is 1. The molecule has 0 fully saturated rings. The molecule has 100 valence electrons. The Kier molecular flexibility index (Phi) is 4.97. The summed E-state index contributed by atoms with van der Waals surface area (Å²) in [7, 11) is -2.90. The van der Waals surface area contributed by atoms with E-state index in [9.17, 15) is 13.2 Å². The number of rotatable bonds is 4. The lowest BCUT2D eigenvalue weighted by Gasteiger charge is -2.12. The average molecular weight is 337 g/mol. The van der Waals surface area contributed by atoms with E-state index in [1.54, 1.807) is 22.9 Å². The Morgan fingerprint density at radius 2 is 2.11 bits per heavy atom. The first-order valence-corrected chi connectivity index (χ1v) is 7.32. The van der Waals surface area contributed by atoms with Crippen molar-refractivity contribution >= 4 is 37.9 Å². The van der Waals surface area contributed by atoms with Crippen LogP contribution in [0.2, 0.25) is 0 Å². The lowest BCUT2D eigenvalue weighted by molar-refractivity contribution is 0.177. The predicted molar refractivity (Wildman–Crippen MR) is 71.6 cm³/mol. The zero-order valence-corrected chi connectivity index (χ0v) is 12.3. The molecule has 0 spiro atoms. The number of methoxy groups -OCH3 is 1. The van der Waals surface area contributed by atoms with Gasteiger partial charge in [-0.3, -0.25) is 4.72 Å². The molecule has 0 radical (unpaired) electrons. The summed E-state index contributed by atoms with van der Waals surface area (Å²) in [6.45, 7) is 1.90. The number of carbonyl (C=O) groups excluding carboxylic acids is 1. The molecule has 0 saturated carbocycles. The summed E-state index contributed by atoms with van der Waals surface area (Å²) in [5.74, 6) is 0. The van der Waals surface area contributed by atoms with Crippen LogP contribution >= 0.6 is 15.9 Å². The van der Waals surface area contributed by atoms with Gasteiger partial charge in [0.15, 0.2) is 0 Å². The Labute approximate surface area is 114 Å². The molecule has 1 amide bonds. The number of anilines is 1. The number of hydrogen-bond acceptors (Lipinski definition) is 4. The molecule has 0 saturated heterocycles. The van der Waals surface area contributed by atoms with E-state index in [4.69, 9.17) is 0 Å². The van der Waals surface area contributed by atoms with Crippen LogP contribution in [0, 0.1) is 0 Å². The highest BCUT2D eigenvalue weighted by atomic mass is 79.9. The van der Waals surface area contributed by atoms with Crippen molar-refractivity contribution in [2.24, 2.45) is 0 Å². The van der Waals surface area contributed by atoms with Gasteiger partial charge in [0.1, 0.15) is 0 Å². The maximum absolute atomic E-state index is 11.6. The van der Waals surface area contributed by atoms with Gasteiger partial charge >= 0.3 is 16.3 Å². The zero-order valence-electron chi connectivity index (χ0n) is 9.86. The molecule has 0 bridgehead atoms. The molecule has 0 aliphatic rings. The number of carbonyl (C=O) groups is 1. The zero-order chi connectivity index (χ0) is 13.8. The van der Waals surface area contributed by atoms with E-state index in [1.807, 2.05) is 6.92 Å². The molecule has 0 aromatic heterocycles. The fourth-order valence-corrected chi connectivity index (χ4v) is 2.53. The van der Waals surface area contributed by atoms with Gasteiger partial charge < -0.3 is 4.74 Å². The minimum Gasteiger partial charge on any atom is -0.452 e. The summed E-state index contributed by atoms with van der Waals surface area (Å²) in [5, 5.41) is 0. The van der Waals surface area contributed by atoms with Crippen LogP contribution in [-0.2, 0) is 21.4 Å². The molecule has 1 rings (SSSR count). The molecule has 2 N–H and O–H groups in total. The molecule has 1 aromatic carbocycles. The quantitative estimate of drug-likeness (QED) is 0.880. The first-order chi connectivity index (χ1) is 8.38. The summed E-state index contributed by atoms with van der Waals surface area (Å²) in [4.78, 5) is 10.9. The molecule has 0 aliphatic heterocycles. The number of halogens is 1. The molecular formula is C10H13BrN2O4S. The first kappa shape index (κ1) is 14.8. The monoisotopic (exact) mass is 336 g/mol. The molecule has 8 heteroatoms. The number of benzene rings is 1. The number of hydrogen-bond donors (Lipinski definition) is 2. The first-order valence-electron chi connectivity index (χ1n) is 5.05. The Balaban J connectivity index is 2.94. The fourth-order valence-electron chi connectivity index (χ4n) is 1.28. The summed E-state index contributed by atoms with van der Waals surface area (Å²) < 4.78 is 32.2. The third-order valence-corrected chi connectivity index (χ3v) is 3.51. The van der Waals surface area contributed by atoms with Crippen molar-refractivity contribution in [3.05, 3.63) is 28.2 Å². The highest BCUT2D eigenvalue weighted by Crippen LogP contribution is 2.22. The van der Waals surface area contributed by atoms with Gasteiger partial charge in [0, 0.05) is 4.47 Å². The average Bonchev–Trinajstić information content (AvgIpc) is 2.30. The van der Waals surface area contributed by atoms with Crippen LogP contribution in [-0.4, -0.2) is 21.6 Å². The molecule has 0 unspecified atom stereocenters. The third kappa shape index (κ3) is 4.19. The minimum absolute atomic E-state index is 0.414. The lowest BCUT2D eigenvalue weighted by atomic mass is 10.1. The highest BCUT2D eigenvalue weighted by molar-refractivity contribution is 9.10. The number of amides is 1. The molecule has 0 aliphatic carbocycles. The maximum atomic E-state index is 11.6. The Morgan fingerprint density at radius 3 is 2.67 bits per heavy atom. The normalized spacial score (nSPS) is 10.8. The standard InChI is InChI=1S/C10H13BrN2O4S/c1-3-7-6-8(11)4-5-9(7)12-18(15,16)13-10(14)17-2/h4-6,12H,3H2,1-2H3,(H,13,14). The van der Waals surface area contributed by atoms with Crippen molar-refractivity contribution in [2.75, 3.05) is 11.8 Å². The van der Waals surface area contributed by atoms with Crippen molar-refractivity contribution in [3.63, 3.8) is 0 Å². The third-order valence-electron chi connectivity index (χ3n) is 2.10. The van der Waals surface area contributed by atoms with Crippen molar-refractivity contribution in [1.29, 1.82) is 0 Å². The van der Waals surface area contributed by atoms with Crippen molar-refractivity contribution in [3.8, 4) is 0 Å². The lowest BCUT2D eigenvalue weighted by Crippen LogP contribution is -2.35. The summed E-state index contributed by atoms with van der Waals surface area (Å²) in [6, 6.07) is 5.12. The van der Waals surface area contributed by atoms with Crippen LogP contribution in [0.5, 0.6) is 0 Å². The summed E-state index contributed by atoms with van der Waals surface area (Å²) >= 11 is 3.30. The molecule has 0 heterocycles. The van der Waals surface area contributed by atoms with Gasteiger partial charge in [0.2, 0.25) is 0 Å². The van der Waals surface area contributed by atoms with E-state index in [2.05, 4.69) is 25.4 Å². The van der Waals surface area contributed by atoms with E-state index in [0.717, 1.165) is 17.1 Å². The van der Waals surface area contributed by atoms with Gasteiger partial charge in [-0.15, -0.1) is 0 Å². The molecular weight excluding hydrogens is 324 g/mol. The van der Waals surface area contributed by atoms with E-state index >= 15 is 0 Å². The second-order valence-electron chi connectivity index (χ2n) is 3.35. The summed E-state index contributed by atoms with van der Waals surface area (Å²) in [6.07, 6.45) is -0.396. The van der Waals surface area contributed by atoms with E-state index in [0.29, 0.717) is 12.1 Å². The van der Waals surface area contributed by atoms with Gasteiger partial charge in [-0.2, -0.15) is 8.42 Å². The second kappa shape index (κ2) is 6.05. The molecule has 6 nitrogen and oxygen atoms in total. The van der Waals surface area contributed by atoms with Crippen LogP contribution < -0.4 is 9.44 Å². The van der Waals surface area contributed by atoms with Crippen LogP contribution in [0.3, 0.4) is 0 Å². The highest BCUT2D eigenvalue weighted by Gasteiger charge is 2.15. The Morgan fingerprint density at radius 1 is 1.44 bits per heavy atom. The van der Waals surface area contributed by atoms with Gasteiger partial charge in [-0.05, 0) is 30.2 Å². The molecule has 18 heavy (non-hydrogen) atoms. The van der Waals surface area contributed by atoms with E-state index in [-0.39, 0.29) is 0 Å². The fraction of sp³-hybridized carbons (Fsp3) is 0.300. The van der Waals surface area contributed by atoms with Crippen LogP contribution in [0.15, 0.2) is 22.7 Å². The number of nitrogens with one attached hydrogen (secondary N) is 2. The van der Waals surface area contributed by atoms with Gasteiger partial charge in [-0.1, -0.05) is 22.9 Å². The van der Waals surface area contributed by atoms with Crippen molar-refractivity contribution < 1.29 is 17.9 Å². The molecule has 1 aromatic rings. The largest absolute Gasteiger partial charge is 0.452 e. The van der Waals surface area contributed by atoms with Crippen LogP contribution in [0.1, 0.15) is 12.5 Å². The van der Waals surface area contributed by atoms with Crippen LogP contribution in [0.4, 0.5) is 10.5 Å². The SMILES string of the molecule is CCc1cc(Br)ccc1NS(=O)(=O)NC(=O)OC. The Bertz CT molecular complexity index is 545. The summed E-state index contributed by atoms with van der Waals surface area (Å²) in [5.41, 5.74) is 1.22. The Hall–Kier alpha value is -1.28. The molecule has 0 atom stereocenters. The van der Waals surface area contributed by atoms with Crippen LogP contribution in [0.25, 0.3) is 0 Å². The number of aryl methyl sites for hydroxylation is 1. The van der Waals surface area contributed by atoms with Gasteiger partial charge in [0.25, 0.3) is 0 Å². The second-order valence-corrected chi connectivity index (χ2v) is 5.68. The van der Waals surface area contributed by atoms with E-state index in [1.165, 1.54) is 0 Å².